The molecule has 4 rings (SSSR count). The first-order valence-electron chi connectivity index (χ1n) is 7.05. The summed E-state index contributed by atoms with van der Waals surface area (Å²) in [5.41, 5.74) is -0.122. The van der Waals surface area contributed by atoms with Crippen LogP contribution in [0.3, 0.4) is 0 Å². The number of hydrogen-bond acceptors (Lipinski definition) is 5. The van der Waals surface area contributed by atoms with Crippen LogP contribution in [0.4, 0.5) is 0 Å². The first kappa shape index (κ1) is 14.6. The van der Waals surface area contributed by atoms with Crippen molar-refractivity contribution in [1.82, 2.24) is 0 Å². The standard InChI is InChI=1S/C14H19IO5/c1-9(16)18-8-13-2-10-4-14(7-13,5-11(10)3-13)19-6-12(17)20-15/h10-11H,2-8H2,1H3. The summed E-state index contributed by atoms with van der Waals surface area (Å²) in [5.74, 6) is 0.770. The lowest BCUT2D eigenvalue weighted by atomic mass is 9.67. The molecule has 0 aromatic rings. The topological polar surface area (TPSA) is 61.8 Å². The summed E-state index contributed by atoms with van der Waals surface area (Å²) in [6, 6.07) is 0. The zero-order valence-electron chi connectivity index (χ0n) is 11.5. The summed E-state index contributed by atoms with van der Waals surface area (Å²) >= 11 is 1.58. The molecule has 4 aliphatic carbocycles. The average Bonchev–Trinajstić information content (AvgIpc) is 2.80. The summed E-state index contributed by atoms with van der Waals surface area (Å²) in [6.07, 6.45) is 5.23. The number of hydrogen-bond donors (Lipinski definition) is 0. The number of ether oxygens (including phenoxy) is 2. The molecule has 2 atom stereocenters. The van der Waals surface area contributed by atoms with Gasteiger partial charge in [0, 0.05) is 12.3 Å². The van der Waals surface area contributed by atoms with E-state index >= 15 is 0 Å². The van der Waals surface area contributed by atoms with Crippen LogP contribution in [0.2, 0.25) is 0 Å². The summed E-state index contributed by atoms with van der Waals surface area (Å²) in [4.78, 5) is 22.4. The van der Waals surface area contributed by atoms with Gasteiger partial charge in [-0.1, -0.05) is 0 Å². The van der Waals surface area contributed by atoms with Crippen molar-refractivity contribution in [2.75, 3.05) is 13.2 Å². The smallest absolute Gasteiger partial charge is 0.341 e. The highest BCUT2D eigenvalue weighted by Crippen LogP contribution is 2.66. The maximum Gasteiger partial charge on any atom is 0.341 e. The Labute approximate surface area is 132 Å². The largest absolute Gasteiger partial charge is 0.465 e. The van der Waals surface area contributed by atoms with Crippen molar-refractivity contribution >= 4 is 34.9 Å². The van der Waals surface area contributed by atoms with E-state index < -0.39 is 0 Å². The van der Waals surface area contributed by atoms with Crippen molar-refractivity contribution in [2.24, 2.45) is 17.3 Å². The summed E-state index contributed by atoms with van der Waals surface area (Å²) in [7, 11) is 0. The molecule has 0 aromatic heterocycles. The van der Waals surface area contributed by atoms with Crippen LogP contribution in [0.25, 0.3) is 0 Å². The van der Waals surface area contributed by atoms with Gasteiger partial charge in [0.25, 0.3) is 0 Å². The monoisotopic (exact) mass is 394 g/mol. The molecule has 4 aliphatic rings. The molecular formula is C14H19IO5. The van der Waals surface area contributed by atoms with Crippen LogP contribution >= 0.6 is 23.0 Å². The van der Waals surface area contributed by atoms with E-state index in [-0.39, 0.29) is 29.6 Å². The predicted molar refractivity (Wildman–Crippen MR) is 77.9 cm³/mol. The molecule has 2 unspecified atom stereocenters. The molecule has 5 nitrogen and oxygen atoms in total. The number of esters is 1. The van der Waals surface area contributed by atoms with Gasteiger partial charge in [-0.05, 0) is 43.9 Å². The van der Waals surface area contributed by atoms with Gasteiger partial charge in [-0.25, -0.2) is 4.79 Å². The van der Waals surface area contributed by atoms with Crippen LogP contribution in [0, 0.1) is 17.3 Å². The lowest BCUT2D eigenvalue weighted by molar-refractivity contribution is -0.159. The lowest BCUT2D eigenvalue weighted by Gasteiger charge is -2.45. The number of rotatable bonds is 5. The van der Waals surface area contributed by atoms with Gasteiger partial charge >= 0.3 is 11.9 Å². The van der Waals surface area contributed by atoms with Crippen LogP contribution in [0.15, 0.2) is 0 Å². The fraction of sp³-hybridized carbons (Fsp3) is 0.857. The minimum absolute atomic E-state index is 0.0199. The molecule has 4 fully saturated rings. The van der Waals surface area contributed by atoms with E-state index in [9.17, 15) is 9.59 Å². The SMILES string of the molecule is CC(=O)OCC12CC3CC(OCC(=O)OI)(CC3C1)C2. The maximum atomic E-state index is 11.3. The van der Waals surface area contributed by atoms with E-state index in [2.05, 4.69) is 3.07 Å². The fourth-order valence-corrected chi connectivity index (χ4v) is 4.97. The normalized spacial score (nSPS) is 40.9. The molecule has 0 aliphatic heterocycles. The summed E-state index contributed by atoms with van der Waals surface area (Å²) < 4.78 is 15.8. The van der Waals surface area contributed by atoms with Crippen LogP contribution in [-0.4, -0.2) is 30.8 Å². The molecule has 0 saturated heterocycles. The van der Waals surface area contributed by atoms with E-state index in [1.807, 2.05) is 0 Å². The zero-order chi connectivity index (χ0) is 14.4. The van der Waals surface area contributed by atoms with Gasteiger partial charge in [0.15, 0.2) is 23.0 Å². The first-order valence-corrected chi connectivity index (χ1v) is 7.93. The average molecular weight is 394 g/mol. The number of carbonyl (C=O) groups is 2. The Bertz CT molecular complexity index is 421. The predicted octanol–water partition coefficient (Wildman–Crippen LogP) is 2.41. The molecular weight excluding hydrogens is 375 g/mol. The third kappa shape index (κ3) is 2.56. The van der Waals surface area contributed by atoms with Gasteiger partial charge in [-0.3, -0.25) is 4.79 Å². The molecule has 0 N–H and O–H groups in total. The van der Waals surface area contributed by atoms with Crippen LogP contribution in [-0.2, 0) is 22.1 Å². The molecule has 0 spiro atoms. The van der Waals surface area contributed by atoms with Crippen molar-refractivity contribution in [3.63, 3.8) is 0 Å². The van der Waals surface area contributed by atoms with Gasteiger partial charge < -0.3 is 12.5 Å². The Hall–Kier alpha value is -0.370. The molecule has 4 saturated carbocycles. The second-order valence-electron chi connectivity index (χ2n) is 6.71. The van der Waals surface area contributed by atoms with E-state index in [1.165, 1.54) is 6.92 Å². The zero-order valence-corrected chi connectivity index (χ0v) is 13.7. The van der Waals surface area contributed by atoms with Crippen LogP contribution in [0.1, 0.15) is 39.0 Å². The molecule has 112 valence electrons. The molecule has 0 aromatic carbocycles. The molecule has 0 radical (unpaired) electrons. The minimum Gasteiger partial charge on any atom is -0.465 e. The maximum absolute atomic E-state index is 11.3. The van der Waals surface area contributed by atoms with E-state index in [0.29, 0.717) is 18.4 Å². The Kier molecular flexibility index (Phi) is 3.73. The molecule has 4 bridgehead atoms. The summed E-state index contributed by atoms with van der Waals surface area (Å²) in [6.45, 7) is 1.97. The highest BCUT2D eigenvalue weighted by molar-refractivity contribution is 14.1. The quantitative estimate of drug-likeness (QED) is 0.530. The van der Waals surface area contributed by atoms with Crippen molar-refractivity contribution in [1.29, 1.82) is 0 Å². The van der Waals surface area contributed by atoms with Crippen LogP contribution in [0.5, 0.6) is 0 Å². The molecule has 0 heterocycles. The Morgan fingerprint density at radius 1 is 1.20 bits per heavy atom. The van der Waals surface area contributed by atoms with Crippen LogP contribution < -0.4 is 0 Å². The van der Waals surface area contributed by atoms with Gasteiger partial charge in [-0.15, -0.1) is 0 Å². The van der Waals surface area contributed by atoms with Gasteiger partial charge in [0.05, 0.1) is 12.2 Å². The van der Waals surface area contributed by atoms with E-state index in [1.54, 1.807) is 23.0 Å². The molecule has 0 amide bonds. The lowest BCUT2D eigenvalue weighted by Crippen LogP contribution is -2.45. The highest BCUT2D eigenvalue weighted by Gasteiger charge is 2.63. The van der Waals surface area contributed by atoms with Crippen molar-refractivity contribution in [3.8, 4) is 0 Å². The second-order valence-corrected chi connectivity index (χ2v) is 7.15. The summed E-state index contributed by atoms with van der Waals surface area (Å²) in [5, 5.41) is 0. The Morgan fingerprint density at radius 2 is 1.85 bits per heavy atom. The van der Waals surface area contributed by atoms with Gasteiger partial charge in [-0.2, -0.15) is 0 Å². The third-order valence-electron chi connectivity index (χ3n) is 5.19. The molecule has 6 heteroatoms. The van der Waals surface area contributed by atoms with Crippen molar-refractivity contribution in [2.45, 2.75) is 44.6 Å². The fourth-order valence-electron chi connectivity index (χ4n) is 4.84. The molecule has 20 heavy (non-hydrogen) atoms. The number of halogens is 1. The number of carbonyl (C=O) groups excluding carboxylic acids is 2. The van der Waals surface area contributed by atoms with E-state index in [0.717, 1.165) is 32.1 Å². The second kappa shape index (κ2) is 5.12. The Balaban J connectivity index is 1.67. The minimum atomic E-state index is -0.336. The van der Waals surface area contributed by atoms with Gasteiger partial charge in [0.2, 0.25) is 0 Å². The third-order valence-corrected chi connectivity index (χ3v) is 5.68. The first-order chi connectivity index (χ1) is 9.46. The van der Waals surface area contributed by atoms with Crippen molar-refractivity contribution in [3.05, 3.63) is 0 Å². The van der Waals surface area contributed by atoms with Crippen molar-refractivity contribution < 1.29 is 22.1 Å². The van der Waals surface area contributed by atoms with Gasteiger partial charge in [0.1, 0.15) is 6.61 Å². The van der Waals surface area contributed by atoms with E-state index in [4.69, 9.17) is 9.47 Å². The Morgan fingerprint density at radius 3 is 2.40 bits per heavy atom. The highest BCUT2D eigenvalue weighted by atomic mass is 127.